The van der Waals surface area contributed by atoms with E-state index in [1.807, 2.05) is 38.2 Å². The number of nitrogens with zero attached hydrogens (tertiary/aromatic N) is 4. The second-order valence-corrected chi connectivity index (χ2v) is 5.45. The van der Waals surface area contributed by atoms with Crippen LogP contribution in [0.15, 0.2) is 35.6 Å². The number of aliphatic imine (C=N–C) groups is 1. The zero-order chi connectivity index (χ0) is 18.1. The van der Waals surface area contributed by atoms with Crippen molar-refractivity contribution in [3.63, 3.8) is 0 Å². The number of anilines is 1. The summed E-state index contributed by atoms with van der Waals surface area (Å²) in [6.07, 6.45) is 2.42. The van der Waals surface area contributed by atoms with Crippen LogP contribution in [0, 0.1) is 0 Å². The van der Waals surface area contributed by atoms with Crippen molar-refractivity contribution < 1.29 is 4.79 Å². The summed E-state index contributed by atoms with van der Waals surface area (Å²) in [5.74, 6) is 1.18. The molecule has 0 radical (unpaired) electrons. The Kier molecular flexibility index (Phi) is 9.63. The molecule has 0 atom stereocenters. The molecule has 26 heavy (non-hydrogen) atoms. The van der Waals surface area contributed by atoms with Gasteiger partial charge >= 0.3 is 0 Å². The second kappa shape index (κ2) is 11.4. The number of amides is 1. The maximum absolute atomic E-state index is 12.1. The monoisotopic (exact) mass is 471 g/mol. The second-order valence-electron chi connectivity index (χ2n) is 5.45. The predicted octanol–water partition coefficient (Wildman–Crippen LogP) is 1.69. The molecule has 2 aromatic rings. The Morgan fingerprint density at radius 2 is 2.08 bits per heavy atom. The van der Waals surface area contributed by atoms with Crippen molar-refractivity contribution >= 4 is 41.5 Å². The zero-order valence-electron chi connectivity index (χ0n) is 15.3. The van der Waals surface area contributed by atoms with Gasteiger partial charge in [-0.3, -0.25) is 9.48 Å². The summed E-state index contributed by atoms with van der Waals surface area (Å²) >= 11 is 0. The molecule has 142 valence electrons. The van der Waals surface area contributed by atoms with Crippen LogP contribution in [0.5, 0.6) is 0 Å². The van der Waals surface area contributed by atoms with E-state index in [-0.39, 0.29) is 36.4 Å². The van der Waals surface area contributed by atoms with Crippen LogP contribution in [0.4, 0.5) is 5.69 Å². The van der Waals surface area contributed by atoms with E-state index in [2.05, 4.69) is 37.9 Å². The topological polar surface area (TPSA) is 96.2 Å². The van der Waals surface area contributed by atoms with Gasteiger partial charge < -0.3 is 16.0 Å². The summed E-state index contributed by atoms with van der Waals surface area (Å²) in [6.45, 7) is 5.26. The number of halogens is 1. The SMILES string of the molecule is CCNC(=NCc1ncnn1C)NCC(=O)Nc1cccc(CC)c1.I. The molecule has 8 nitrogen and oxygen atoms in total. The first-order valence-corrected chi connectivity index (χ1v) is 8.36. The molecule has 1 aromatic heterocycles. The molecule has 0 fully saturated rings. The van der Waals surface area contributed by atoms with Crippen LogP contribution >= 0.6 is 24.0 Å². The minimum absolute atomic E-state index is 0. The Morgan fingerprint density at radius 3 is 2.73 bits per heavy atom. The summed E-state index contributed by atoms with van der Waals surface area (Å²) in [4.78, 5) is 20.7. The fraction of sp³-hybridized carbons (Fsp3) is 0.412. The number of hydrogen-bond acceptors (Lipinski definition) is 4. The van der Waals surface area contributed by atoms with Crippen molar-refractivity contribution in [1.29, 1.82) is 0 Å². The number of aryl methyl sites for hydroxylation is 2. The van der Waals surface area contributed by atoms with Gasteiger partial charge in [0.05, 0.1) is 6.54 Å². The van der Waals surface area contributed by atoms with Crippen LogP contribution in [-0.4, -0.2) is 39.7 Å². The molecule has 0 saturated heterocycles. The molecule has 0 saturated carbocycles. The number of nitrogens with one attached hydrogen (secondary N) is 3. The Labute approximate surface area is 170 Å². The van der Waals surface area contributed by atoms with E-state index in [0.717, 1.165) is 17.9 Å². The van der Waals surface area contributed by atoms with Crippen LogP contribution in [0.25, 0.3) is 0 Å². The molecule has 0 unspecified atom stereocenters. The van der Waals surface area contributed by atoms with Crippen molar-refractivity contribution in [1.82, 2.24) is 25.4 Å². The minimum atomic E-state index is -0.127. The molecule has 0 spiro atoms. The Bertz CT molecular complexity index is 729. The van der Waals surface area contributed by atoms with Gasteiger partial charge in [-0.2, -0.15) is 5.10 Å². The van der Waals surface area contributed by atoms with E-state index >= 15 is 0 Å². The normalized spacial score (nSPS) is 10.8. The number of carbonyl (C=O) groups is 1. The molecular formula is C17H26IN7O. The Hall–Kier alpha value is -2.17. The number of aromatic nitrogens is 3. The minimum Gasteiger partial charge on any atom is -0.357 e. The fourth-order valence-electron chi connectivity index (χ4n) is 2.19. The van der Waals surface area contributed by atoms with Gasteiger partial charge in [-0.15, -0.1) is 24.0 Å². The van der Waals surface area contributed by atoms with Crippen LogP contribution in [0.3, 0.4) is 0 Å². The predicted molar refractivity (Wildman–Crippen MR) is 114 cm³/mol. The first kappa shape index (κ1) is 21.9. The van der Waals surface area contributed by atoms with Gasteiger partial charge in [-0.25, -0.2) is 9.98 Å². The maximum Gasteiger partial charge on any atom is 0.243 e. The van der Waals surface area contributed by atoms with Crippen molar-refractivity contribution in [3.8, 4) is 0 Å². The number of rotatable bonds is 7. The van der Waals surface area contributed by atoms with Gasteiger partial charge in [-0.05, 0) is 31.0 Å². The molecule has 1 heterocycles. The fourth-order valence-corrected chi connectivity index (χ4v) is 2.19. The molecule has 0 aliphatic heterocycles. The largest absolute Gasteiger partial charge is 0.357 e. The van der Waals surface area contributed by atoms with Crippen LogP contribution in [-0.2, 0) is 24.8 Å². The first-order chi connectivity index (χ1) is 12.1. The molecule has 3 N–H and O–H groups in total. The molecule has 0 bridgehead atoms. The lowest BCUT2D eigenvalue weighted by atomic mass is 10.1. The van der Waals surface area contributed by atoms with Crippen LogP contribution < -0.4 is 16.0 Å². The summed E-state index contributed by atoms with van der Waals surface area (Å²) in [6, 6.07) is 7.83. The smallest absolute Gasteiger partial charge is 0.243 e. The number of guanidine groups is 1. The molecule has 2 rings (SSSR count). The highest BCUT2D eigenvalue weighted by atomic mass is 127. The van der Waals surface area contributed by atoms with E-state index in [4.69, 9.17) is 0 Å². The molecule has 1 amide bonds. The van der Waals surface area contributed by atoms with Crippen LogP contribution in [0.2, 0.25) is 0 Å². The third-order valence-electron chi connectivity index (χ3n) is 3.56. The Morgan fingerprint density at radius 1 is 1.27 bits per heavy atom. The summed E-state index contributed by atoms with van der Waals surface area (Å²) in [5.41, 5.74) is 1.98. The first-order valence-electron chi connectivity index (χ1n) is 8.36. The highest BCUT2D eigenvalue weighted by Crippen LogP contribution is 2.10. The average molecular weight is 471 g/mol. The molecule has 1 aromatic carbocycles. The van der Waals surface area contributed by atoms with E-state index in [1.165, 1.54) is 11.9 Å². The van der Waals surface area contributed by atoms with Crippen molar-refractivity contribution in [3.05, 3.63) is 42.0 Å². The quantitative estimate of drug-likeness (QED) is 0.325. The standard InChI is InChI=1S/C17H25N7O.HI/c1-4-13-7-6-8-14(9-13)23-16(25)11-20-17(18-5-2)19-10-15-21-12-22-24(15)3;/h6-9,12H,4-5,10-11H2,1-3H3,(H,23,25)(H2,18,19,20);1H. The summed E-state index contributed by atoms with van der Waals surface area (Å²) in [7, 11) is 1.82. The zero-order valence-corrected chi connectivity index (χ0v) is 17.7. The maximum atomic E-state index is 12.1. The summed E-state index contributed by atoms with van der Waals surface area (Å²) < 4.78 is 1.67. The van der Waals surface area contributed by atoms with E-state index in [0.29, 0.717) is 19.0 Å². The van der Waals surface area contributed by atoms with Gasteiger partial charge in [0.2, 0.25) is 5.91 Å². The summed E-state index contributed by atoms with van der Waals surface area (Å²) in [5, 5.41) is 13.0. The van der Waals surface area contributed by atoms with E-state index < -0.39 is 0 Å². The van der Waals surface area contributed by atoms with E-state index in [1.54, 1.807) is 4.68 Å². The van der Waals surface area contributed by atoms with Crippen LogP contribution in [0.1, 0.15) is 25.2 Å². The van der Waals surface area contributed by atoms with Gasteiger partial charge in [0, 0.05) is 19.3 Å². The average Bonchev–Trinajstić information content (AvgIpc) is 3.02. The van der Waals surface area contributed by atoms with E-state index in [9.17, 15) is 4.79 Å². The van der Waals surface area contributed by atoms with Gasteiger partial charge in [0.15, 0.2) is 5.96 Å². The molecule has 0 aliphatic carbocycles. The molecular weight excluding hydrogens is 445 g/mol. The third-order valence-corrected chi connectivity index (χ3v) is 3.56. The van der Waals surface area contributed by atoms with Gasteiger partial charge in [0.25, 0.3) is 0 Å². The third kappa shape index (κ3) is 6.98. The van der Waals surface area contributed by atoms with Gasteiger partial charge in [-0.1, -0.05) is 19.1 Å². The van der Waals surface area contributed by atoms with Crippen molar-refractivity contribution in [2.45, 2.75) is 26.8 Å². The van der Waals surface area contributed by atoms with Gasteiger partial charge in [0.1, 0.15) is 18.7 Å². The number of carbonyl (C=O) groups excluding carboxylic acids is 1. The molecule has 0 aliphatic rings. The lowest BCUT2D eigenvalue weighted by Gasteiger charge is -2.12. The number of benzene rings is 1. The highest BCUT2D eigenvalue weighted by Gasteiger charge is 2.06. The highest BCUT2D eigenvalue weighted by molar-refractivity contribution is 14.0. The molecule has 9 heteroatoms. The van der Waals surface area contributed by atoms with Crippen molar-refractivity contribution in [2.75, 3.05) is 18.4 Å². The number of hydrogen-bond donors (Lipinski definition) is 3. The lowest BCUT2D eigenvalue weighted by molar-refractivity contribution is -0.115. The Balaban J connectivity index is 0.00000338. The lowest BCUT2D eigenvalue weighted by Crippen LogP contribution is -2.41. The van der Waals surface area contributed by atoms with Crippen molar-refractivity contribution in [2.24, 2.45) is 12.0 Å².